The molecule has 0 saturated carbocycles. The van der Waals surface area contributed by atoms with E-state index in [9.17, 15) is 0 Å². The van der Waals surface area contributed by atoms with E-state index >= 15 is 0 Å². The van der Waals surface area contributed by atoms with Crippen LogP contribution < -0.4 is 25.4 Å². The zero-order valence-electron chi connectivity index (χ0n) is 18.0. The van der Waals surface area contributed by atoms with Gasteiger partial charge < -0.3 is 30.2 Å². The third-order valence-electron chi connectivity index (χ3n) is 5.92. The number of nitrogen functional groups attached to an aromatic ring is 1. The Balaban J connectivity index is 1.70. The summed E-state index contributed by atoms with van der Waals surface area (Å²) in [6.07, 6.45) is 0.836. The Morgan fingerprint density at radius 2 is 1.97 bits per heavy atom. The molecule has 2 aliphatic rings. The SMILES string of the molecule is CNc1c2c(c(N)c(C)c1N1CCOC(c3ccc(OC)cc3)C1)OC(C)(C)C2. The van der Waals surface area contributed by atoms with Crippen molar-refractivity contribution in [1.82, 2.24) is 0 Å². The third-order valence-corrected chi connectivity index (χ3v) is 5.92. The lowest BCUT2D eigenvalue weighted by Gasteiger charge is -2.37. The summed E-state index contributed by atoms with van der Waals surface area (Å²) in [5.41, 5.74) is 12.7. The van der Waals surface area contributed by atoms with Crippen molar-refractivity contribution >= 4 is 17.1 Å². The summed E-state index contributed by atoms with van der Waals surface area (Å²) in [6, 6.07) is 8.11. The number of benzene rings is 2. The van der Waals surface area contributed by atoms with E-state index in [2.05, 4.69) is 43.1 Å². The number of rotatable bonds is 4. The van der Waals surface area contributed by atoms with Crippen molar-refractivity contribution in [3.63, 3.8) is 0 Å². The molecule has 1 fully saturated rings. The first-order valence-corrected chi connectivity index (χ1v) is 10.2. The van der Waals surface area contributed by atoms with E-state index < -0.39 is 0 Å². The van der Waals surface area contributed by atoms with Crippen LogP contribution in [0, 0.1) is 6.92 Å². The van der Waals surface area contributed by atoms with E-state index in [0.717, 1.165) is 59.2 Å². The van der Waals surface area contributed by atoms with Crippen LogP contribution in [0.15, 0.2) is 24.3 Å². The van der Waals surface area contributed by atoms with Gasteiger partial charge >= 0.3 is 0 Å². The van der Waals surface area contributed by atoms with Gasteiger partial charge in [-0.05, 0) is 38.5 Å². The Kier molecular flexibility index (Phi) is 4.99. The highest BCUT2D eigenvalue weighted by Gasteiger charge is 2.37. The van der Waals surface area contributed by atoms with Gasteiger partial charge in [0.15, 0.2) is 0 Å². The molecule has 6 heteroatoms. The molecule has 1 atom stereocenters. The van der Waals surface area contributed by atoms with Crippen LogP contribution in [-0.2, 0) is 11.2 Å². The lowest BCUT2D eigenvalue weighted by Crippen LogP contribution is -2.39. The van der Waals surface area contributed by atoms with Crippen LogP contribution >= 0.6 is 0 Å². The summed E-state index contributed by atoms with van der Waals surface area (Å²) < 4.78 is 17.6. The van der Waals surface area contributed by atoms with Crippen LogP contribution in [0.2, 0.25) is 0 Å². The zero-order chi connectivity index (χ0) is 20.8. The van der Waals surface area contributed by atoms with Crippen LogP contribution in [0.4, 0.5) is 17.1 Å². The van der Waals surface area contributed by atoms with Crippen LogP contribution in [0.3, 0.4) is 0 Å². The van der Waals surface area contributed by atoms with Gasteiger partial charge in [0.05, 0.1) is 30.8 Å². The minimum atomic E-state index is -0.246. The van der Waals surface area contributed by atoms with Crippen molar-refractivity contribution in [3.05, 3.63) is 41.0 Å². The topological polar surface area (TPSA) is 69.0 Å². The molecule has 0 aliphatic carbocycles. The number of nitrogens with two attached hydrogens (primary N) is 1. The number of nitrogens with zero attached hydrogens (tertiary/aromatic N) is 1. The molecule has 0 radical (unpaired) electrons. The first kappa shape index (κ1) is 19.7. The highest BCUT2D eigenvalue weighted by molar-refractivity contribution is 5.87. The van der Waals surface area contributed by atoms with Crippen molar-refractivity contribution in [2.75, 3.05) is 49.8 Å². The molecule has 2 aliphatic heterocycles. The maximum atomic E-state index is 6.54. The first-order valence-electron chi connectivity index (χ1n) is 10.2. The maximum absolute atomic E-state index is 6.54. The average molecular weight is 398 g/mol. The molecule has 1 saturated heterocycles. The van der Waals surface area contributed by atoms with Crippen molar-refractivity contribution in [1.29, 1.82) is 0 Å². The van der Waals surface area contributed by atoms with Gasteiger partial charge in [0.1, 0.15) is 23.2 Å². The van der Waals surface area contributed by atoms with Crippen molar-refractivity contribution in [3.8, 4) is 11.5 Å². The second kappa shape index (κ2) is 7.34. The summed E-state index contributed by atoms with van der Waals surface area (Å²) >= 11 is 0. The molecule has 0 amide bonds. The highest BCUT2D eigenvalue weighted by atomic mass is 16.5. The van der Waals surface area contributed by atoms with Crippen molar-refractivity contribution in [2.45, 2.75) is 38.9 Å². The molecule has 3 N–H and O–H groups in total. The molecule has 0 bridgehead atoms. The van der Waals surface area contributed by atoms with Gasteiger partial charge in [0, 0.05) is 37.7 Å². The Morgan fingerprint density at radius 3 is 2.62 bits per heavy atom. The average Bonchev–Trinajstić information content (AvgIpc) is 3.06. The molecule has 0 spiro atoms. The van der Waals surface area contributed by atoms with Crippen molar-refractivity contribution < 1.29 is 14.2 Å². The standard InChI is InChI=1S/C23H31N3O3/c1-14-19(24)22-17(12-23(2,3)29-22)20(25-4)21(14)26-10-11-28-18(13-26)15-6-8-16(27-5)9-7-15/h6-9,18,25H,10-13,24H2,1-5H3. The van der Waals surface area contributed by atoms with E-state index in [0.29, 0.717) is 6.61 Å². The molecule has 156 valence electrons. The number of anilines is 3. The first-order chi connectivity index (χ1) is 13.8. The van der Waals surface area contributed by atoms with Gasteiger partial charge in [-0.2, -0.15) is 0 Å². The smallest absolute Gasteiger partial charge is 0.148 e. The van der Waals surface area contributed by atoms with E-state index in [1.165, 1.54) is 5.56 Å². The maximum Gasteiger partial charge on any atom is 0.148 e. The predicted octanol–water partition coefficient (Wildman–Crippen LogP) is 3.92. The second-order valence-corrected chi connectivity index (χ2v) is 8.44. The normalized spacial score (nSPS) is 20.2. The lowest BCUT2D eigenvalue weighted by molar-refractivity contribution is 0.0398. The predicted molar refractivity (Wildman–Crippen MR) is 117 cm³/mol. The molecule has 2 aromatic carbocycles. The quantitative estimate of drug-likeness (QED) is 0.762. The summed E-state index contributed by atoms with van der Waals surface area (Å²) in [5.74, 6) is 1.68. The van der Waals surface area contributed by atoms with Crippen molar-refractivity contribution in [2.24, 2.45) is 0 Å². The van der Waals surface area contributed by atoms with E-state index in [-0.39, 0.29) is 11.7 Å². The molecule has 2 aromatic rings. The number of nitrogens with one attached hydrogen (secondary N) is 1. The fourth-order valence-corrected chi connectivity index (χ4v) is 4.46. The fourth-order valence-electron chi connectivity index (χ4n) is 4.46. The van der Waals surface area contributed by atoms with Crippen LogP contribution in [0.1, 0.15) is 36.6 Å². The fraction of sp³-hybridized carbons (Fsp3) is 0.478. The molecule has 0 aromatic heterocycles. The van der Waals surface area contributed by atoms with Gasteiger partial charge in [-0.25, -0.2) is 0 Å². The number of ether oxygens (including phenoxy) is 3. The Morgan fingerprint density at radius 1 is 1.24 bits per heavy atom. The van der Waals surface area contributed by atoms with Crippen LogP contribution in [0.5, 0.6) is 11.5 Å². The minimum absolute atomic E-state index is 0.000863. The zero-order valence-corrected chi connectivity index (χ0v) is 18.0. The lowest BCUT2D eigenvalue weighted by atomic mass is 9.95. The largest absolute Gasteiger partial charge is 0.497 e. The van der Waals surface area contributed by atoms with Gasteiger partial charge in [0.2, 0.25) is 0 Å². The summed E-state index contributed by atoms with van der Waals surface area (Å²) in [5, 5.41) is 3.43. The molecule has 29 heavy (non-hydrogen) atoms. The van der Waals surface area contributed by atoms with Gasteiger partial charge in [-0.15, -0.1) is 0 Å². The Bertz CT molecular complexity index is 909. The molecule has 6 nitrogen and oxygen atoms in total. The molecular weight excluding hydrogens is 366 g/mol. The van der Waals surface area contributed by atoms with Gasteiger partial charge in [-0.1, -0.05) is 12.1 Å². The van der Waals surface area contributed by atoms with Crippen LogP contribution in [0.25, 0.3) is 0 Å². The summed E-state index contributed by atoms with van der Waals surface area (Å²) in [7, 11) is 3.65. The summed E-state index contributed by atoms with van der Waals surface area (Å²) in [6.45, 7) is 8.55. The van der Waals surface area contributed by atoms with Gasteiger partial charge in [-0.3, -0.25) is 0 Å². The van der Waals surface area contributed by atoms with Crippen LogP contribution in [-0.4, -0.2) is 39.5 Å². The van der Waals surface area contributed by atoms with E-state index in [1.54, 1.807) is 7.11 Å². The van der Waals surface area contributed by atoms with Gasteiger partial charge in [0.25, 0.3) is 0 Å². The minimum Gasteiger partial charge on any atom is -0.497 e. The molecule has 1 unspecified atom stereocenters. The molecule has 2 heterocycles. The number of hydrogen-bond donors (Lipinski definition) is 2. The number of methoxy groups -OCH3 is 1. The van der Waals surface area contributed by atoms with E-state index in [4.69, 9.17) is 19.9 Å². The third kappa shape index (κ3) is 3.46. The summed E-state index contributed by atoms with van der Waals surface area (Å²) in [4.78, 5) is 2.39. The molecule has 4 rings (SSSR count). The van der Waals surface area contributed by atoms with E-state index in [1.807, 2.05) is 19.2 Å². The monoisotopic (exact) mass is 397 g/mol. The highest BCUT2D eigenvalue weighted by Crippen LogP contribution is 2.50. The molecular formula is C23H31N3O3. The number of hydrogen-bond acceptors (Lipinski definition) is 6. The number of morpholine rings is 1. The number of fused-ring (bicyclic) bond motifs is 1. The second-order valence-electron chi connectivity index (χ2n) is 8.44. The Labute approximate surface area is 172 Å². The Hall–Kier alpha value is -2.60.